The Balaban J connectivity index is 2.47. The van der Waals surface area contributed by atoms with Gasteiger partial charge >= 0.3 is 0 Å². The smallest absolute Gasteiger partial charge is 0.0318 e. The third kappa shape index (κ3) is 4.64. The number of halogens is 1. The zero-order valence-corrected chi connectivity index (χ0v) is 11.5. The Kier molecular flexibility index (Phi) is 6.69. The van der Waals surface area contributed by atoms with E-state index in [9.17, 15) is 0 Å². The van der Waals surface area contributed by atoms with E-state index >= 15 is 0 Å². The molecule has 3 heteroatoms. The molecule has 0 fully saturated rings. The van der Waals surface area contributed by atoms with Crippen molar-refractivity contribution in [2.24, 2.45) is 5.73 Å². The van der Waals surface area contributed by atoms with Crippen molar-refractivity contribution in [3.8, 4) is 0 Å². The Morgan fingerprint density at radius 3 is 2.81 bits per heavy atom. The zero-order valence-electron chi connectivity index (χ0n) is 9.88. The van der Waals surface area contributed by atoms with Gasteiger partial charge in [0.2, 0.25) is 0 Å². The van der Waals surface area contributed by atoms with Crippen LogP contribution in [0.4, 0.5) is 0 Å². The van der Waals surface area contributed by atoms with E-state index in [-0.39, 0.29) is 0 Å². The Labute approximate surface area is 107 Å². The molecule has 0 aromatic heterocycles. The van der Waals surface area contributed by atoms with Gasteiger partial charge in [-0.15, -0.1) is 0 Å². The van der Waals surface area contributed by atoms with Gasteiger partial charge in [0.1, 0.15) is 0 Å². The minimum absolute atomic E-state index is 0.454. The molecule has 0 spiro atoms. The van der Waals surface area contributed by atoms with Crippen LogP contribution in [0.15, 0.2) is 28.7 Å². The molecule has 0 aliphatic heterocycles. The van der Waals surface area contributed by atoms with Crippen molar-refractivity contribution in [1.29, 1.82) is 0 Å². The van der Waals surface area contributed by atoms with Crippen LogP contribution in [0.25, 0.3) is 0 Å². The van der Waals surface area contributed by atoms with Crippen molar-refractivity contribution in [3.05, 3.63) is 34.3 Å². The van der Waals surface area contributed by atoms with Gasteiger partial charge in [-0.05, 0) is 50.0 Å². The molecule has 16 heavy (non-hydrogen) atoms. The minimum atomic E-state index is 0.454. The summed E-state index contributed by atoms with van der Waals surface area (Å²) in [5, 5.41) is 3.57. The Bertz CT molecular complexity index is 302. The fourth-order valence-corrected chi connectivity index (χ4v) is 2.18. The lowest BCUT2D eigenvalue weighted by molar-refractivity contribution is 0.504. The molecule has 3 N–H and O–H groups in total. The molecule has 0 amide bonds. The van der Waals surface area contributed by atoms with Crippen LogP contribution in [-0.4, -0.2) is 13.1 Å². The van der Waals surface area contributed by atoms with E-state index in [0.717, 1.165) is 36.8 Å². The molecule has 0 saturated carbocycles. The van der Waals surface area contributed by atoms with Crippen molar-refractivity contribution >= 4 is 15.9 Å². The predicted octanol–water partition coefficient (Wildman–Crippen LogP) is 3.23. The number of benzene rings is 1. The molecule has 1 unspecified atom stereocenters. The summed E-state index contributed by atoms with van der Waals surface area (Å²) in [6.45, 7) is 4.04. The summed E-state index contributed by atoms with van der Waals surface area (Å²) < 4.78 is 1.15. The van der Waals surface area contributed by atoms with Crippen LogP contribution in [0.3, 0.4) is 0 Å². The molecule has 1 aromatic rings. The van der Waals surface area contributed by atoms with Gasteiger partial charge in [0.25, 0.3) is 0 Å². The maximum absolute atomic E-state index is 5.47. The second-order valence-electron chi connectivity index (χ2n) is 3.97. The summed E-state index contributed by atoms with van der Waals surface area (Å²) in [5.74, 6) is 0. The summed E-state index contributed by atoms with van der Waals surface area (Å²) in [7, 11) is 0. The van der Waals surface area contributed by atoms with Crippen molar-refractivity contribution in [3.63, 3.8) is 0 Å². The van der Waals surface area contributed by atoms with Crippen molar-refractivity contribution in [1.82, 2.24) is 5.32 Å². The monoisotopic (exact) mass is 284 g/mol. The first-order valence-electron chi connectivity index (χ1n) is 5.96. The number of nitrogens with one attached hydrogen (secondary N) is 1. The fraction of sp³-hybridized carbons (Fsp3) is 0.538. The lowest BCUT2D eigenvalue weighted by Crippen LogP contribution is -2.22. The van der Waals surface area contributed by atoms with Gasteiger partial charge in [0.15, 0.2) is 0 Å². The molecular weight excluding hydrogens is 264 g/mol. The highest BCUT2D eigenvalue weighted by Gasteiger charge is 2.07. The SMILES string of the molecule is CCC(NCCCCN)c1cccc(Br)c1. The number of hydrogen-bond donors (Lipinski definition) is 2. The fourth-order valence-electron chi connectivity index (χ4n) is 1.77. The summed E-state index contributed by atoms with van der Waals surface area (Å²) >= 11 is 3.51. The average Bonchev–Trinajstić information content (AvgIpc) is 2.29. The molecule has 0 saturated heterocycles. The van der Waals surface area contributed by atoms with E-state index < -0.39 is 0 Å². The quantitative estimate of drug-likeness (QED) is 0.755. The highest BCUT2D eigenvalue weighted by Crippen LogP contribution is 2.20. The first kappa shape index (κ1) is 13.7. The molecule has 90 valence electrons. The van der Waals surface area contributed by atoms with E-state index in [1.54, 1.807) is 0 Å². The van der Waals surface area contributed by atoms with Crippen LogP contribution < -0.4 is 11.1 Å². The number of rotatable bonds is 7. The summed E-state index contributed by atoms with van der Waals surface area (Å²) in [6, 6.07) is 8.96. The summed E-state index contributed by atoms with van der Waals surface area (Å²) in [6.07, 6.45) is 3.36. The number of hydrogen-bond acceptors (Lipinski definition) is 2. The Hall–Kier alpha value is -0.380. The van der Waals surface area contributed by atoms with E-state index in [4.69, 9.17) is 5.73 Å². The molecule has 0 aliphatic rings. The minimum Gasteiger partial charge on any atom is -0.330 e. The van der Waals surface area contributed by atoms with Crippen LogP contribution in [0.1, 0.15) is 37.8 Å². The van der Waals surface area contributed by atoms with Crippen molar-refractivity contribution in [2.75, 3.05) is 13.1 Å². The molecule has 0 radical (unpaired) electrons. The zero-order chi connectivity index (χ0) is 11.8. The average molecular weight is 285 g/mol. The van der Waals surface area contributed by atoms with Gasteiger partial charge in [-0.2, -0.15) is 0 Å². The molecule has 0 bridgehead atoms. The summed E-state index contributed by atoms with van der Waals surface area (Å²) in [4.78, 5) is 0. The topological polar surface area (TPSA) is 38.0 Å². The lowest BCUT2D eigenvalue weighted by atomic mass is 10.0. The normalized spacial score (nSPS) is 12.7. The largest absolute Gasteiger partial charge is 0.330 e. The van der Waals surface area contributed by atoms with Gasteiger partial charge in [-0.25, -0.2) is 0 Å². The van der Waals surface area contributed by atoms with Crippen LogP contribution in [0.2, 0.25) is 0 Å². The standard InChI is InChI=1S/C13H21BrN2/c1-2-13(16-9-4-3-8-15)11-6-5-7-12(14)10-11/h5-7,10,13,16H,2-4,8-9,15H2,1H3. The highest BCUT2D eigenvalue weighted by atomic mass is 79.9. The predicted molar refractivity (Wildman–Crippen MR) is 73.5 cm³/mol. The Morgan fingerprint density at radius 1 is 1.38 bits per heavy atom. The van der Waals surface area contributed by atoms with Gasteiger partial charge in [-0.3, -0.25) is 0 Å². The third-order valence-electron chi connectivity index (χ3n) is 2.68. The van der Waals surface area contributed by atoms with Gasteiger partial charge in [-0.1, -0.05) is 35.0 Å². The highest BCUT2D eigenvalue weighted by molar-refractivity contribution is 9.10. The van der Waals surface area contributed by atoms with E-state index in [1.165, 1.54) is 5.56 Å². The lowest BCUT2D eigenvalue weighted by Gasteiger charge is -2.17. The first-order chi connectivity index (χ1) is 7.77. The molecule has 0 heterocycles. The maximum atomic E-state index is 5.47. The second kappa shape index (κ2) is 7.82. The van der Waals surface area contributed by atoms with Crippen LogP contribution in [-0.2, 0) is 0 Å². The second-order valence-corrected chi connectivity index (χ2v) is 4.88. The molecule has 1 atom stereocenters. The van der Waals surface area contributed by atoms with Crippen LogP contribution >= 0.6 is 15.9 Å². The molecule has 2 nitrogen and oxygen atoms in total. The molecule has 1 aromatic carbocycles. The molecule has 0 aliphatic carbocycles. The van der Waals surface area contributed by atoms with Gasteiger partial charge in [0.05, 0.1) is 0 Å². The van der Waals surface area contributed by atoms with E-state index in [1.807, 2.05) is 0 Å². The van der Waals surface area contributed by atoms with Crippen molar-refractivity contribution in [2.45, 2.75) is 32.2 Å². The number of unbranched alkanes of at least 4 members (excludes halogenated alkanes) is 1. The Morgan fingerprint density at radius 2 is 2.19 bits per heavy atom. The molecule has 1 rings (SSSR count). The van der Waals surface area contributed by atoms with E-state index in [2.05, 4.69) is 52.4 Å². The van der Waals surface area contributed by atoms with Crippen molar-refractivity contribution < 1.29 is 0 Å². The number of nitrogens with two attached hydrogens (primary N) is 1. The van der Waals surface area contributed by atoms with E-state index in [0.29, 0.717) is 6.04 Å². The van der Waals surface area contributed by atoms with Crippen LogP contribution in [0, 0.1) is 0 Å². The van der Waals surface area contributed by atoms with Gasteiger partial charge in [0, 0.05) is 10.5 Å². The third-order valence-corrected chi connectivity index (χ3v) is 3.17. The first-order valence-corrected chi connectivity index (χ1v) is 6.76. The van der Waals surface area contributed by atoms with Crippen LogP contribution in [0.5, 0.6) is 0 Å². The summed E-state index contributed by atoms with van der Waals surface area (Å²) in [5.41, 5.74) is 6.83. The maximum Gasteiger partial charge on any atom is 0.0318 e. The van der Waals surface area contributed by atoms with Gasteiger partial charge < -0.3 is 11.1 Å². The molecular formula is C13H21BrN2.